The van der Waals surface area contributed by atoms with Gasteiger partial charge in [0.2, 0.25) is 0 Å². The molecule has 5 heteroatoms. The Morgan fingerprint density at radius 2 is 0.741 bits per heavy atom. The van der Waals surface area contributed by atoms with E-state index in [0.717, 1.165) is 25.9 Å². The molecule has 0 bridgehead atoms. The molecule has 0 saturated heterocycles. The molecule has 27 heavy (non-hydrogen) atoms. The van der Waals surface area contributed by atoms with Gasteiger partial charge < -0.3 is 9.96 Å². The topological polar surface area (TPSA) is 30.5 Å². The molecule has 0 aliphatic heterocycles. The van der Waals surface area contributed by atoms with E-state index in [-0.39, 0.29) is 22.2 Å². The normalized spacial score (nSPS) is 15.1. The van der Waals surface area contributed by atoms with Crippen molar-refractivity contribution >= 4 is 8.72 Å². The maximum Gasteiger partial charge on any atom is 0.373 e. The van der Waals surface area contributed by atoms with E-state index in [2.05, 4.69) is 116 Å². The van der Waals surface area contributed by atoms with Gasteiger partial charge in [0.05, 0.1) is 0 Å². The molecule has 0 radical (unpaired) electrons. The second kappa shape index (κ2) is 9.25. The number of nitrogens with one attached hydrogen (secondary N) is 2. The van der Waals surface area contributed by atoms with E-state index in [0.29, 0.717) is 0 Å². The van der Waals surface area contributed by atoms with Gasteiger partial charge >= 0.3 is 8.72 Å². The summed E-state index contributed by atoms with van der Waals surface area (Å²) >= 11 is 0. The fraction of sp³-hybridized carbons (Fsp3) is 1.00. The largest absolute Gasteiger partial charge is 0.373 e. The van der Waals surface area contributed by atoms with Gasteiger partial charge in [-0.15, -0.1) is 0 Å². The highest BCUT2D eigenvalue weighted by atomic mass is 28.4. The van der Waals surface area contributed by atoms with Crippen molar-refractivity contribution < 1.29 is 0 Å². The predicted octanol–water partition coefficient (Wildman–Crippen LogP) is 5.22. The highest BCUT2D eigenvalue weighted by Gasteiger charge is 2.59. The summed E-state index contributed by atoms with van der Waals surface area (Å²) in [6.07, 6.45) is 2.26. The Kier molecular flexibility index (Phi) is 9.27. The molecule has 0 aliphatic carbocycles. The third-order valence-corrected chi connectivity index (χ3v) is 10.0. The van der Waals surface area contributed by atoms with Crippen LogP contribution in [-0.4, -0.2) is 53.1 Å². The van der Waals surface area contributed by atoms with E-state index in [1.807, 2.05) is 0 Å². The lowest BCUT2D eigenvalue weighted by Crippen LogP contribution is -2.91. The van der Waals surface area contributed by atoms with Crippen molar-refractivity contribution in [1.29, 1.82) is 0 Å². The van der Waals surface area contributed by atoms with Crippen LogP contribution in [0, 0.1) is 0 Å². The first-order valence-corrected chi connectivity index (χ1v) is 12.9. The Bertz CT molecular complexity index is 365. The Morgan fingerprint density at radius 1 is 0.519 bits per heavy atom. The monoisotopic (exact) mass is 400 g/mol. The van der Waals surface area contributed by atoms with E-state index in [1.165, 1.54) is 0 Å². The van der Waals surface area contributed by atoms with E-state index in [4.69, 9.17) is 0 Å². The minimum Gasteiger partial charge on any atom is -0.300 e. The van der Waals surface area contributed by atoms with Gasteiger partial charge in [-0.1, -0.05) is 13.8 Å². The summed E-state index contributed by atoms with van der Waals surface area (Å²) in [6.45, 7) is 35.0. The molecule has 2 N–H and O–H groups in total. The lowest BCUT2D eigenvalue weighted by atomic mass is 10.0. The second-order valence-electron chi connectivity index (χ2n) is 11.9. The third-order valence-electron chi connectivity index (χ3n) is 4.57. The first-order chi connectivity index (χ1) is 11.9. The zero-order valence-corrected chi connectivity index (χ0v) is 22.2. The van der Waals surface area contributed by atoms with Crippen molar-refractivity contribution in [3.63, 3.8) is 0 Å². The average Bonchev–Trinajstić information content (AvgIpc) is 2.36. The van der Waals surface area contributed by atoms with E-state index < -0.39 is 8.72 Å². The van der Waals surface area contributed by atoms with Crippen LogP contribution in [0.25, 0.3) is 0 Å². The first-order valence-electron chi connectivity index (χ1n) is 11.0. The predicted molar refractivity (Wildman–Crippen MR) is 125 cm³/mol. The molecule has 0 aliphatic rings. The molecule has 0 rings (SSSR count). The molecule has 0 aromatic rings. The van der Waals surface area contributed by atoms with Crippen molar-refractivity contribution in [2.75, 3.05) is 13.1 Å². The van der Waals surface area contributed by atoms with Crippen LogP contribution in [0.15, 0.2) is 0 Å². The lowest BCUT2D eigenvalue weighted by Gasteiger charge is -2.64. The molecule has 0 heterocycles. The quantitative estimate of drug-likeness (QED) is 0.547. The van der Waals surface area contributed by atoms with Crippen molar-refractivity contribution in [3.05, 3.63) is 0 Å². The summed E-state index contributed by atoms with van der Waals surface area (Å²) in [5, 5.41) is 0. The fourth-order valence-corrected chi connectivity index (χ4v) is 11.1. The van der Waals surface area contributed by atoms with Gasteiger partial charge in [-0.05, 0) is 109 Å². The molecule has 0 amide bonds. The smallest absolute Gasteiger partial charge is 0.300 e. The summed E-state index contributed by atoms with van der Waals surface area (Å²) in [7, 11) is -2.47. The van der Waals surface area contributed by atoms with Gasteiger partial charge in [0.15, 0.2) is 0 Å². The molecule has 4 nitrogen and oxygen atoms in total. The molecule has 0 fully saturated rings. The minimum absolute atomic E-state index is 0.0285. The second-order valence-corrected chi connectivity index (χ2v) is 14.8. The molecule has 0 spiro atoms. The van der Waals surface area contributed by atoms with Gasteiger partial charge in [-0.25, -0.2) is 0 Å². The number of hydrogen-bond acceptors (Lipinski definition) is 4. The van der Waals surface area contributed by atoms with Gasteiger partial charge in [0.1, 0.15) is 0 Å². The van der Waals surface area contributed by atoms with Crippen molar-refractivity contribution in [3.8, 4) is 0 Å². The Labute approximate surface area is 173 Å². The highest BCUT2D eigenvalue weighted by molar-refractivity contribution is 6.70. The van der Waals surface area contributed by atoms with Crippen LogP contribution in [0.3, 0.4) is 0 Å². The Morgan fingerprint density at radius 3 is 0.889 bits per heavy atom. The molecule has 0 saturated carbocycles. The average molecular weight is 401 g/mol. The van der Waals surface area contributed by atoms with Crippen LogP contribution < -0.4 is 9.96 Å². The molecule has 0 atom stereocenters. The molecule has 0 aromatic carbocycles. The van der Waals surface area contributed by atoms with Gasteiger partial charge in [-0.2, -0.15) is 0 Å². The molecule has 164 valence electrons. The third kappa shape index (κ3) is 7.11. The molecule has 0 unspecified atom stereocenters. The van der Waals surface area contributed by atoms with Crippen LogP contribution in [0.2, 0.25) is 0 Å². The van der Waals surface area contributed by atoms with Crippen LogP contribution in [-0.2, 0) is 0 Å². The summed E-state index contributed by atoms with van der Waals surface area (Å²) in [6, 6.07) is 0. The van der Waals surface area contributed by atoms with Crippen LogP contribution >= 0.6 is 0 Å². The summed E-state index contributed by atoms with van der Waals surface area (Å²) < 4.78 is 5.57. The van der Waals surface area contributed by atoms with Crippen LogP contribution in [0.5, 0.6) is 0 Å². The number of nitrogens with zero attached hydrogens (tertiary/aromatic N) is 2. The van der Waals surface area contributed by atoms with E-state index >= 15 is 0 Å². The number of hydrogen-bond donors (Lipinski definition) is 2. The zero-order chi connectivity index (χ0) is 21.9. The maximum absolute atomic E-state index is 4.12. The van der Waals surface area contributed by atoms with Gasteiger partial charge in [0.25, 0.3) is 0 Å². The molecule has 0 aromatic heterocycles. The number of rotatable bonds is 8. The first kappa shape index (κ1) is 27.1. The van der Waals surface area contributed by atoms with Crippen LogP contribution in [0.1, 0.15) is 110 Å². The molecular formula is C22H52N4Si. The van der Waals surface area contributed by atoms with Crippen molar-refractivity contribution in [1.82, 2.24) is 19.1 Å². The lowest BCUT2D eigenvalue weighted by molar-refractivity contribution is 0.0424. The van der Waals surface area contributed by atoms with E-state index in [9.17, 15) is 0 Å². The van der Waals surface area contributed by atoms with Crippen molar-refractivity contribution in [2.24, 2.45) is 0 Å². The minimum atomic E-state index is -2.47. The van der Waals surface area contributed by atoms with Crippen molar-refractivity contribution in [2.45, 2.75) is 132 Å². The standard InChI is InChI=1S/C22H52N4Si/c1-15-17-23-27(24-18-16-2,25(19(3,4)5)20(6,7)8)26(21(9,10)11)22(12,13)14/h23-24H,15-18H2,1-14H3. The molecular weight excluding hydrogens is 348 g/mol. The Hall–Kier alpha value is 0.0569. The van der Waals surface area contributed by atoms with E-state index in [1.54, 1.807) is 0 Å². The Balaban J connectivity index is 6.98. The fourth-order valence-electron chi connectivity index (χ4n) is 5.03. The summed E-state index contributed by atoms with van der Waals surface area (Å²) in [4.78, 5) is 8.25. The highest BCUT2D eigenvalue weighted by Crippen LogP contribution is 2.37. The zero-order valence-electron chi connectivity index (χ0n) is 21.2. The summed E-state index contributed by atoms with van der Waals surface area (Å²) in [5.74, 6) is 0. The summed E-state index contributed by atoms with van der Waals surface area (Å²) in [5.41, 5.74) is 0.114. The van der Waals surface area contributed by atoms with Crippen LogP contribution in [0.4, 0.5) is 0 Å². The SMILES string of the molecule is CCCN[Si](NCCC)(N(C(C)(C)C)C(C)(C)C)N(C(C)(C)C)C(C)(C)C. The van der Waals surface area contributed by atoms with Gasteiger partial charge in [-0.3, -0.25) is 9.13 Å². The maximum atomic E-state index is 4.12. The van der Waals surface area contributed by atoms with Gasteiger partial charge in [0, 0.05) is 22.2 Å².